The maximum Gasteiger partial charge on any atom is 0.344 e. The Morgan fingerprint density at radius 1 is 1.41 bits per heavy atom. The third-order valence-corrected chi connectivity index (χ3v) is 5.72. The second-order valence-electron chi connectivity index (χ2n) is 5.61. The molecule has 0 unspecified atom stereocenters. The van der Waals surface area contributed by atoms with Crippen molar-refractivity contribution in [3.05, 3.63) is 28.1 Å². The molecule has 3 aromatic heterocycles. The van der Waals surface area contributed by atoms with Crippen LogP contribution >= 0.6 is 23.1 Å². The number of rotatable bonds is 9. The van der Waals surface area contributed by atoms with E-state index in [1.54, 1.807) is 7.11 Å². The lowest BCUT2D eigenvalue weighted by Crippen LogP contribution is -2.08. The summed E-state index contributed by atoms with van der Waals surface area (Å²) in [6, 6.07) is 1.98. The smallest absolute Gasteiger partial charge is 0.344 e. The van der Waals surface area contributed by atoms with Gasteiger partial charge in [0.2, 0.25) is 0 Å². The molecule has 3 aromatic rings. The Morgan fingerprint density at radius 3 is 2.89 bits per heavy atom. The van der Waals surface area contributed by atoms with Crippen LogP contribution in [-0.4, -0.2) is 48.2 Å². The minimum absolute atomic E-state index is 0.00264. The average Bonchev–Trinajstić information content (AvgIpc) is 3.34. The van der Waals surface area contributed by atoms with Crippen LogP contribution in [0.1, 0.15) is 19.0 Å². The van der Waals surface area contributed by atoms with Crippen molar-refractivity contribution in [2.45, 2.75) is 42.9 Å². The highest BCUT2D eigenvalue weighted by Gasteiger charge is 2.21. The Hall–Kier alpha value is -2.31. The van der Waals surface area contributed by atoms with Gasteiger partial charge in [-0.15, -0.1) is 10.2 Å². The summed E-state index contributed by atoms with van der Waals surface area (Å²) in [4.78, 5) is 14.5. The second kappa shape index (κ2) is 8.59. The SMILES string of the molecule is CCn1nc(C)cc1-c1nnc(Sc2ncc([N+](=O)[O-])s2)n1CCCOC. The molecule has 0 radical (unpaired) electrons. The van der Waals surface area contributed by atoms with Crippen LogP contribution in [0, 0.1) is 17.0 Å². The predicted molar refractivity (Wildman–Crippen MR) is 101 cm³/mol. The van der Waals surface area contributed by atoms with Crippen LogP contribution in [0.3, 0.4) is 0 Å². The van der Waals surface area contributed by atoms with Gasteiger partial charge in [-0.05, 0) is 49.4 Å². The molecule has 3 rings (SSSR count). The van der Waals surface area contributed by atoms with Crippen LogP contribution < -0.4 is 0 Å². The van der Waals surface area contributed by atoms with Gasteiger partial charge in [0.1, 0.15) is 11.9 Å². The molecule has 12 heteroatoms. The van der Waals surface area contributed by atoms with E-state index in [1.165, 1.54) is 18.0 Å². The molecule has 10 nitrogen and oxygen atoms in total. The van der Waals surface area contributed by atoms with Crippen molar-refractivity contribution in [1.82, 2.24) is 29.5 Å². The zero-order chi connectivity index (χ0) is 19.4. The highest BCUT2D eigenvalue weighted by atomic mass is 32.2. The van der Waals surface area contributed by atoms with E-state index in [1.807, 2.05) is 29.2 Å². The molecule has 0 amide bonds. The van der Waals surface area contributed by atoms with Crippen molar-refractivity contribution in [3.63, 3.8) is 0 Å². The maximum atomic E-state index is 10.9. The number of aromatic nitrogens is 6. The first kappa shape index (κ1) is 19.5. The summed E-state index contributed by atoms with van der Waals surface area (Å²) in [5, 5.41) is 24.6. The molecule has 0 spiro atoms. The molecular formula is C15H19N7O3S2. The fourth-order valence-electron chi connectivity index (χ4n) is 2.55. The Morgan fingerprint density at radius 2 is 2.22 bits per heavy atom. The van der Waals surface area contributed by atoms with Gasteiger partial charge >= 0.3 is 5.00 Å². The van der Waals surface area contributed by atoms with E-state index >= 15 is 0 Å². The fourth-order valence-corrected chi connectivity index (χ4v) is 4.29. The first-order chi connectivity index (χ1) is 13.0. The molecule has 0 atom stereocenters. The van der Waals surface area contributed by atoms with Gasteiger partial charge in [-0.1, -0.05) is 0 Å². The topological polar surface area (TPSA) is 114 Å². The summed E-state index contributed by atoms with van der Waals surface area (Å²) < 4.78 is 9.58. The molecule has 0 aliphatic rings. The number of thiazole rings is 1. The number of methoxy groups -OCH3 is 1. The monoisotopic (exact) mass is 409 g/mol. The molecule has 0 aromatic carbocycles. The quantitative estimate of drug-likeness (QED) is 0.301. The first-order valence-corrected chi connectivity index (χ1v) is 9.91. The predicted octanol–water partition coefficient (Wildman–Crippen LogP) is 3.02. The van der Waals surface area contributed by atoms with E-state index in [2.05, 4.69) is 20.3 Å². The van der Waals surface area contributed by atoms with Crippen LogP contribution in [0.2, 0.25) is 0 Å². The third-order valence-electron chi connectivity index (χ3n) is 3.71. The van der Waals surface area contributed by atoms with Crippen molar-refractivity contribution in [3.8, 4) is 11.5 Å². The van der Waals surface area contributed by atoms with E-state index in [9.17, 15) is 10.1 Å². The van der Waals surface area contributed by atoms with Crippen molar-refractivity contribution < 1.29 is 9.66 Å². The molecule has 144 valence electrons. The summed E-state index contributed by atoms with van der Waals surface area (Å²) >= 11 is 2.29. The van der Waals surface area contributed by atoms with Crippen molar-refractivity contribution in [1.29, 1.82) is 0 Å². The number of nitrogens with zero attached hydrogens (tertiary/aromatic N) is 7. The summed E-state index contributed by atoms with van der Waals surface area (Å²) in [6.07, 6.45) is 2.04. The number of nitro groups is 1. The van der Waals surface area contributed by atoms with E-state index in [4.69, 9.17) is 4.74 Å². The molecule has 0 saturated carbocycles. The normalized spacial score (nSPS) is 11.2. The van der Waals surface area contributed by atoms with Crippen molar-refractivity contribution >= 4 is 28.1 Å². The van der Waals surface area contributed by atoms with Crippen LogP contribution in [-0.2, 0) is 17.8 Å². The van der Waals surface area contributed by atoms with Gasteiger partial charge in [0.25, 0.3) is 0 Å². The molecule has 3 heterocycles. The van der Waals surface area contributed by atoms with Crippen LogP contribution in [0.4, 0.5) is 5.00 Å². The number of hydrogen-bond acceptors (Lipinski definition) is 9. The molecule has 27 heavy (non-hydrogen) atoms. The zero-order valence-electron chi connectivity index (χ0n) is 15.2. The Bertz CT molecular complexity index is 934. The molecular weight excluding hydrogens is 390 g/mol. The largest absolute Gasteiger partial charge is 0.385 e. The van der Waals surface area contributed by atoms with Gasteiger partial charge in [0, 0.05) is 26.8 Å². The van der Waals surface area contributed by atoms with Gasteiger partial charge < -0.3 is 9.30 Å². The van der Waals surface area contributed by atoms with Crippen LogP contribution in [0.15, 0.2) is 21.8 Å². The van der Waals surface area contributed by atoms with Gasteiger partial charge in [0.15, 0.2) is 15.3 Å². The standard InChI is InChI=1S/C15H19N7O3S2/c1-4-21-11(8-10(2)19-21)13-17-18-14(20(13)6-5-7-25-3)27-15-16-9-12(26-15)22(23)24/h8-9H,4-7H2,1-3H3. The highest BCUT2D eigenvalue weighted by Crippen LogP contribution is 2.35. The first-order valence-electron chi connectivity index (χ1n) is 8.28. The zero-order valence-corrected chi connectivity index (χ0v) is 16.8. The third kappa shape index (κ3) is 4.34. The summed E-state index contributed by atoms with van der Waals surface area (Å²) in [6.45, 7) is 5.93. The van der Waals surface area contributed by atoms with Gasteiger partial charge in [-0.25, -0.2) is 4.98 Å². The highest BCUT2D eigenvalue weighted by molar-refractivity contribution is 8.00. The average molecular weight is 409 g/mol. The van der Waals surface area contributed by atoms with E-state index < -0.39 is 4.92 Å². The molecule has 0 N–H and O–H groups in total. The van der Waals surface area contributed by atoms with E-state index in [0.29, 0.717) is 28.5 Å². The van der Waals surface area contributed by atoms with Gasteiger partial charge in [-0.2, -0.15) is 5.10 Å². The molecule has 0 aliphatic carbocycles. The maximum absolute atomic E-state index is 10.9. The lowest BCUT2D eigenvalue weighted by Gasteiger charge is -2.10. The lowest BCUT2D eigenvalue weighted by molar-refractivity contribution is -0.380. The minimum atomic E-state index is -0.445. The van der Waals surface area contributed by atoms with Crippen LogP contribution in [0.25, 0.3) is 11.5 Å². The Labute approximate surface area is 163 Å². The number of ether oxygens (including phenoxy) is 1. The molecule has 0 fully saturated rings. The van der Waals surface area contributed by atoms with Crippen molar-refractivity contribution in [2.24, 2.45) is 0 Å². The molecule has 0 aliphatic heterocycles. The lowest BCUT2D eigenvalue weighted by atomic mass is 10.3. The van der Waals surface area contributed by atoms with E-state index in [0.717, 1.165) is 35.7 Å². The number of aryl methyl sites for hydroxylation is 2. The fraction of sp³-hybridized carbons (Fsp3) is 0.467. The minimum Gasteiger partial charge on any atom is -0.385 e. The van der Waals surface area contributed by atoms with Gasteiger partial charge in [0.05, 0.1) is 10.6 Å². The second-order valence-corrected chi connectivity index (χ2v) is 7.84. The summed E-state index contributed by atoms with van der Waals surface area (Å²) in [5.41, 5.74) is 1.79. The summed E-state index contributed by atoms with van der Waals surface area (Å²) in [5.74, 6) is 0.710. The van der Waals surface area contributed by atoms with E-state index in [-0.39, 0.29) is 5.00 Å². The Kier molecular flexibility index (Phi) is 6.19. The molecule has 0 bridgehead atoms. The molecule has 0 saturated heterocycles. The van der Waals surface area contributed by atoms with Crippen LogP contribution in [0.5, 0.6) is 0 Å². The summed E-state index contributed by atoms with van der Waals surface area (Å²) in [7, 11) is 1.66. The Balaban J connectivity index is 1.95. The van der Waals surface area contributed by atoms with Crippen molar-refractivity contribution in [2.75, 3.05) is 13.7 Å². The van der Waals surface area contributed by atoms with Gasteiger partial charge in [-0.3, -0.25) is 14.8 Å². The number of hydrogen-bond donors (Lipinski definition) is 0.